The van der Waals surface area contributed by atoms with E-state index in [1.54, 1.807) is 6.20 Å². The van der Waals surface area contributed by atoms with Crippen LogP contribution in [-0.2, 0) is 6.54 Å². The minimum absolute atomic E-state index is 0.0128. The van der Waals surface area contributed by atoms with E-state index in [1.807, 2.05) is 59.8 Å². The minimum atomic E-state index is -0.0128. The van der Waals surface area contributed by atoms with Crippen molar-refractivity contribution in [3.05, 3.63) is 59.9 Å². The van der Waals surface area contributed by atoms with E-state index < -0.39 is 0 Å². The molecule has 5 rings (SSSR count). The Morgan fingerprint density at radius 1 is 1.23 bits per heavy atom. The Balaban J connectivity index is 1.54. The summed E-state index contributed by atoms with van der Waals surface area (Å²) in [5, 5.41) is 9.14. The Morgan fingerprint density at radius 3 is 2.81 bits per heavy atom. The maximum absolute atomic E-state index is 13.7. The smallest absolute Gasteiger partial charge is 0.254 e. The van der Waals surface area contributed by atoms with Gasteiger partial charge < -0.3 is 9.42 Å². The van der Waals surface area contributed by atoms with E-state index in [4.69, 9.17) is 9.51 Å². The zero-order valence-corrected chi connectivity index (χ0v) is 17.7. The molecule has 0 radical (unpaired) electrons. The van der Waals surface area contributed by atoms with Gasteiger partial charge in [0.1, 0.15) is 0 Å². The van der Waals surface area contributed by atoms with E-state index in [0.717, 1.165) is 35.1 Å². The van der Waals surface area contributed by atoms with Gasteiger partial charge in [0.2, 0.25) is 5.89 Å². The summed E-state index contributed by atoms with van der Waals surface area (Å²) >= 11 is 0. The first-order valence-corrected chi connectivity index (χ1v) is 10.7. The molecule has 1 unspecified atom stereocenters. The number of rotatable bonds is 4. The SMILES string of the molecule is CCn1ncc2c(C(=O)N3CCCC(c4nc(C)no4)C3)cc(-c3ccccc3)nc21. The number of benzene rings is 1. The molecule has 1 atom stereocenters. The number of carbonyl (C=O) groups is 1. The van der Waals surface area contributed by atoms with Crippen molar-refractivity contribution >= 4 is 16.9 Å². The first-order valence-electron chi connectivity index (χ1n) is 10.7. The highest BCUT2D eigenvalue weighted by atomic mass is 16.5. The lowest BCUT2D eigenvalue weighted by molar-refractivity contribution is 0.0697. The molecule has 0 spiro atoms. The van der Waals surface area contributed by atoms with Crippen LogP contribution in [0.5, 0.6) is 0 Å². The Labute approximate surface area is 179 Å². The van der Waals surface area contributed by atoms with Crippen molar-refractivity contribution in [2.75, 3.05) is 13.1 Å². The third kappa shape index (κ3) is 3.58. The predicted molar refractivity (Wildman–Crippen MR) is 116 cm³/mol. The zero-order chi connectivity index (χ0) is 21.4. The maximum atomic E-state index is 13.7. The molecule has 158 valence electrons. The summed E-state index contributed by atoms with van der Waals surface area (Å²) in [6, 6.07) is 11.8. The molecule has 1 fully saturated rings. The van der Waals surface area contributed by atoms with Gasteiger partial charge in [0.05, 0.1) is 28.8 Å². The number of aryl methyl sites for hydroxylation is 2. The lowest BCUT2D eigenvalue weighted by atomic mass is 9.96. The van der Waals surface area contributed by atoms with Crippen LogP contribution in [0.2, 0.25) is 0 Å². The molecule has 4 aromatic rings. The second-order valence-electron chi connectivity index (χ2n) is 7.89. The molecule has 1 aromatic carbocycles. The quantitative estimate of drug-likeness (QED) is 0.502. The Kier molecular flexibility index (Phi) is 4.97. The number of fused-ring (bicyclic) bond motifs is 1. The molecular formula is C23H24N6O2. The molecule has 0 aliphatic carbocycles. The van der Waals surface area contributed by atoms with Gasteiger partial charge in [0, 0.05) is 25.2 Å². The molecular weight excluding hydrogens is 392 g/mol. The summed E-state index contributed by atoms with van der Waals surface area (Å²) in [5.74, 6) is 1.27. The van der Waals surface area contributed by atoms with Crippen molar-refractivity contribution in [3.8, 4) is 11.3 Å². The number of pyridine rings is 1. The molecule has 1 amide bonds. The normalized spacial score (nSPS) is 16.7. The molecule has 3 aromatic heterocycles. The van der Waals surface area contributed by atoms with Gasteiger partial charge in [-0.3, -0.25) is 4.79 Å². The highest BCUT2D eigenvalue weighted by Gasteiger charge is 2.30. The van der Waals surface area contributed by atoms with Crippen LogP contribution in [0.1, 0.15) is 47.8 Å². The van der Waals surface area contributed by atoms with E-state index >= 15 is 0 Å². The van der Waals surface area contributed by atoms with Crippen molar-refractivity contribution < 1.29 is 9.32 Å². The maximum Gasteiger partial charge on any atom is 0.254 e. The number of nitrogens with zero attached hydrogens (tertiary/aromatic N) is 6. The number of likely N-dealkylation sites (tertiary alicyclic amines) is 1. The standard InChI is InChI=1S/C23H24N6O2/c1-3-29-21-19(13-24-29)18(12-20(26-21)16-8-5-4-6-9-16)23(30)28-11-7-10-17(14-28)22-25-15(2)27-31-22/h4-6,8-9,12-13,17H,3,7,10-11,14H2,1-2H3. The van der Waals surface area contributed by atoms with Crippen LogP contribution in [0, 0.1) is 6.92 Å². The van der Waals surface area contributed by atoms with E-state index in [-0.39, 0.29) is 11.8 Å². The Hall–Kier alpha value is -3.55. The third-order valence-corrected chi connectivity index (χ3v) is 5.81. The molecule has 0 N–H and O–H groups in total. The van der Waals surface area contributed by atoms with Gasteiger partial charge in [-0.05, 0) is 32.8 Å². The van der Waals surface area contributed by atoms with Crippen LogP contribution in [-0.4, -0.2) is 48.8 Å². The zero-order valence-electron chi connectivity index (χ0n) is 17.7. The van der Waals surface area contributed by atoms with Crippen LogP contribution < -0.4 is 0 Å². The van der Waals surface area contributed by atoms with Gasteiger partial charge in [0.25, 0.3) is 5.91 Å². The minimum Gasteiger partial charge on any atom is -0.339 e. The van der Waals surface area contributed by atoms with E-state index in [2.05, 4.69) is 15.2 Å². The third-order valence-electron chi connectivity index (χ3n) is 5.81. The summed E-state index contributed by atoms with van der Waals surface area (Å²) < 4.78 is 7.21. The van der Waals surface area contributed by atoms with Crippen molar-refractivity contribution in [2.45, 2.75) is 39.2 Å². The fourth-order valence-corrected chi connectivity index (χ4v) is 4.23. The number of carbonyl (C=O) groups excluding carboxylic acids is 1. The molecule has 8 nitrogen and oxygen atoms in total. The summed E-state index contributed by atoms with van der Waals surface area (Å²) in [6.07, 6.45) is 3.57. The molecule has 1 saturated heterocycles. The summed E-state index contributed by atoms with van der Waals surface area (Å²) in [4.78, 5) is 24.8. The van der Waals surface area contributed by atoms with E-state index in [1.165, 1.54) is 0 Å². The molecule has 1 aliphatic rings. The fraction of sp³-hybridized carbons (Fsp3) is 0.348. The van der Waals surface area contributed by atoms with Gasteiger partial charge in [-0.1, -0.05) is 35.5 Å². The van der Waals surface area contributed by atoms with E-state index in [9.17, 15) is 4.79 Å². The second kappa shape index (κ2) is 7.94. The molecule has 4 heterocycles. The lowest BCUT2D eigenvalue weighted by Gasteiger charge is -2.31. The van der Waals surface area contributed by atoms with Crippen molar-refractivity contribution in [2.24, 2.45) is 0 Å². The Morgan fingerprint density at radius 2 is 2.06 bits per heavy atom. The van der Waals surface area contributed by atoms with Crippen LogP contribution in [0.15, 0.2) is 47.1 Å². The molecule has 31 heavy (non-hydrogen) atoms. The van der Waals surface area contributed by atoms with Crippen molar-refractivity contribution in [1.82, 2.24) is 29.8 Å². The van der Waals surface area contributed by atoms with Crippen molar-refractivity contribution in [3.63, 3.8) is 0 Å². The van der Waals surface area contributed by atoms with Crippen molar-refractivity contribution in [1.29, 1.82) is 0 Å². The number of amides is 1. The first-order chi connectivity index (χ1) is 15.1. The second-order valence-corrected chi connectivity index (χ2v) is 7.89. The molecule has 1 aliphatic heterocycles. The molecule has 8 heteroatoms. The van der Waals surface area contributed by atoms with E-state index in [0.29, 0.717) is 36.9 Å². The first kappa shape index (κ1) is 19.4. The highest BCUT2D eigenvalue weighted by molar-refractivity contribution is 6.06. The van der Waals surface area contributed by atoms with Gasteiger partial charge in [-0.2, -0.15) is 10.1 Å². The summed E-state index contributed by atoms with van der Waals surface area (Å²) in [5.41, 5.74) is 3.10. The number of hydrogen-bond acceptors (Lipinski definition) is 6. The largest absolute Gasteiger partial charge is 0.339 e. The summed E-state index contributed by atoms with van der Waals surface area (Å²) in [6.45, 7) is 5.78. The van der Waals surface area contributed by atoms with Crippen LogP contribution in [0.4, 0.5) is 0 Å². The van der Waals surface area contributed by atoms with Gasteiger partial charge in [0.15, 0.2) is 11.5 Å². The fourth-order valence-electron chi connectivity index (χ4n) is 4.23. The van der Waals surface area contributed by atoms with Gasteiger partial charge in [-0.15, -0.1) is 0 Å². The predicted octanol–water partition coefficient (Wildman–Crippen LogP) is 3.83. The topological polar surface area (TPSA) is 89.9 Å². The van der Waals surface area contributed by atoms with Crippen LogP contribution in [0.25, 0.3) is 22.3 Å². The lowest BCUT2D eigenvalue weighted by Crippen LogP contribution is -2.39. The van der Waals surface area contributed by atoms with Gasteiger partial charge in [-0.25, -0.2) is 9.67 Å². The van der Waals surface area contributed by atoms with Crippen LogP contribution >= 0.6 is 0 Å². The highest BCUT2D eigenvalue weighted by Crippen LogP contribution is 2.30. The number of aromatic nitrogens is 5. The van der Waals surface area contributed by atoms with Gasteiger partial charge >= 0.3 is 0 Å². The monoisotopic (exact) mass is 416 g/mol. The molecule has 0 saturated carbocycles. The average molecular weight is 416 g/mol. The Bertz CT molecular complexity index is 1230. The average Bonchev–Trinajstić information content (AvgIpc) is 3.44. The molecule has 0 bridgehead atoms. The number of hydrogen-bond donors (Lipinski definition) is 0. The number of piperidine rings is 1. The summed E-state index contributed by atoms with van der Waals surface area (Å²) in [7, 11) is 0. The van der Waals surface area contributed by atoms with Crippen LogP contribution in [0.3, 0.4) is 0 Å².